The van der Waals surface area contributed by atoms with Crippen molar-refractivity contribution in [3.8, 4) is 11.1 Å². The van der Waals surface area contributed by atoms with Gasteiger partial charge in [-0.25, -0.2) is 0 Å². The van der Waals surface area contributed by atoms with E-state index in [1.165, 1.54) is 37.9 Å². The average molecular weight is 584 g/mol. The van der Waals surface area contributed by atoms with Crippen molar-refractivity contribution in [3.05, 3.63) is 169 Å². The summed E-state index contributed by atoms with van der Waals surface area (Å²) < 4.78 is 0. The van der Waals surface area contributed by atoms with Gasteiger partial charge < -0.3 is 30.3 Å². The van der Waals surface area contributed by atoms with Gasteiger partial charge in [0.1, 0.15) is 0 Å². The molecule has 0 heterocycles. The third-order valence-electron chi connectivity index (χ3n) is 5.96. The van der Waals surface area contributed by atoms with E-state index in [1.807, 2.05) is 30.3 Å². The van der Waals surface area contributed by atoms with Gasteiger partial charge in [0.25, 0.3) is 0 Å². The minimum atomic E-state index is 0. The Labute approximate surface area is 248 Å². The van der Waals surface area contributed by atoms with E-state index in [2.05, 4.69) is 140 Å². The summed E-state index contributed by atoms with van der Waals surface area (Å²) in [5.41, 5.74) is 4.15. The van der Waals surface area contributed by atoms with Gasteiger partial charge in [0.2, 0.25) is 0 Å². The SMILES string of the molecule is CCc1ccccc1P[c-]1cccc1-c1ccccc1.[Fe].[cH-]1[cH-][cH-][cH-][cH-]1.c1ccc(Pc2ccccc2)cc1. The van der Waals surface area contributed by atoms with Crippen LogP contribution in [0.5, 0.6) is 0 Å². The number of rotatable bonds is 6. The van der Waals surface area contributed by atoms with Crippen LogP contribution in [0.3, 0.4) is 0 Å². The zero-order valence-corrected chi connectivity index (χ0v) is 25.3. The molecule has 0 bridgehead atoms. The van der Waals surface area contributed by atoms with Crippen molar-refractivity contribution in [1.82, 2.24) is 0 Å². The Morgan fingerprint density at radius 2 is 1.05 bits per heavy atom. The third-order valence-corrected chi connectivity index (χ3v) is 8.67. The summed E-state index contributed by atoms with van der Waals surface area (Å²) in [6, 6.07) is 57.3. The van der Waals surface area contributed by atoms with Gasteiger partial charge in [-0.1, -0.05) is 136 Å². The monoisotopic (exact) mass is 584 g/mol. The molecular formula is C36H34FeP2-6. The van der Waals surface area contributed by atoms with Gasteiger partial charge in [0.05, 0.1) is 0 Å². The number of hydrogen-bond donors (Lipinski definition) is 0. The molecule has 0 aliphatic carbocycles. The quantitative estimate of drug-likeness (QED) is 0.106. The maximum atomic E-state index is 2.26. The molecule has 0 aliphatic heterocycles. The van der Waals surface area contributed by atoms with E-state index >= 15 is 0 Å². The van der Waals surface area contributed by atoms with Crippen LogP contribution in [-0.2, 0) is 23.5 Å². The molecule has 0 aliphatic rings. The zero-order valence-electron chi connectivity index (χ0n) is 22.1. The first-order valence-electron chi connectivity index (χ1n) is 13.0. The van der Waals surface area contributed by atoms with Crippen LogP contribution in [0.15, 0.2) is 164 Å². The number of hydrogen-bond acceptors (Lipinski definition) is 0. The minimum Gasteiger partial charge on any atom is -0.748 e. The van der Waals surface area contributed by atoms with Gasteiger partial charge in [-0.3, -0.25) is 0 Å². The first-order chi connectivity index (χ1) is 18.8. The third kappa shape index (κ3) is 10.2. The fourth-order valence-electron chi connectivity index (χ4n) is 4.02. The van der Waals surface area contributed by atoms with E-state index in [0.717, 1.165) is 23.6 Å². The Morgan fingerprint density at radius 3 is 1.59 bits per heavy atom. The Morgan fingerprint density at radius 1 is 0.564 bits per heavy atom. The zero-order chi connectivity index (χ0) is 26.3. The van der Waals surface area contributed by atoms with Crippen LogP contribution in [-0.4, -0.2) is 0 Å². The molecule has 0 aromatic heterocycles. The molecule has 1 unspecified atom stereocenters. The van der Waals surface area contributed by atoms with Crippen molar-refractivity contribution < 1.29 is 17.1 Å². The number of benzene rings is 4. The predicted molar refractivity (Wildman–Crippen MR) is 173 cm³/mol. The summed E-state index contributed by atoms with van der Waals surface area (Å²) in [5.74, 6) is 0. The maximum absolute atomic E-state index is 2.26. The molecule has 202 valence electrons. The van der Waals surface area contributed by atoms with Crippen molar-refractivity contribution in [2.45, 2.75) is 13.3 Å². The van der Waals surface area contributed by atoms with Crippen LogP contribution in [0.1, 0.15) is 12.5 Å². The maximum Gasteiger partial charge on any atom is 0 e. The summed E-state index contributed by atoms with van der Waals surface area (Å²) in [7, 11) is 1.51. The van der Waals surface area contributed by atoms with Crippen molar-refractivity contribution in [2.75, 3.05) is 0 Å². The topological polar surface area (TPSA) is 0 Å². The van der Waals surface area contributed by atoms with Gasteiger partial charge in [0.15, 0.2) is 0 Å². The smallest absolute Gasteiger partial charge is 0 e. The van der Waals surface area contributed by atoms with Crippen LogP contribution < -0.4 is 21.2 Å². The minimum absolute atomic E-state index is 0. The molecule has 6 aromatic carbocycles. The second-order valence-corrected chi connectivity index (χ2v) is 11.4. The Hall–Kier alpha value is -3.04. The predicted octanol–water partition coefficient (Wildman–Crippen LogP) is 7.98. The van der Waals surface area contributed by atoms with E-state index in [-0.39, 0.29) is 17.1 Å². The van der Waals surface area contributed by atoms with Crippen molar-refractivity contribution >= 4 is 38.4 Å². The van der Waals surface area contributed by atoms with E-state index < -0.39 is 0 Å². The van der Waals surface area contributed by atoms with Crippen LogP contribution >= 0.6 is 17.2 Å². The second-order valence-electron chi connectivity index (χ2n) is 8.67. The van der Waals surface area contributed by atoms with E-state index in [0.29, 0.717) is 0 Å². The summed E-state index contributed by atoms with van der Waals surface area (Å²) in [5, 5.41) is 5.71. The molecule has 0 fully saturated rings. The first kappa shape index (κ1) is 30.5. The Balaban J connectivity index is 0.000000189. The van der Waals surface area contributed by atoms with Crippen LogP contribution in [0.2, 0.25) is 0 Å². The largest absolute Gasteiger partial charge is 0.748 e. The average Bonchev–Trinajstić information content (AvgIpc) is 3.72. The van der Waals surface area contributed by atoms with Gasteiger partial charge in [0, 0.05) is 17.1 Å². The van der Waals surface area contributed by atoms with Crippen molar-refractivity contribution in [1.29, 1.82) is 0 Å². The Bertz CT molecular complexity index is 1370. The first-order valence-corrected chi connectivity index (χ1v) is 15.0. The van der Waals surface area contributed by atoms with Gasteiger partial charge >= 0.3 is 0 Å². The molecule has 0 radical (unpaired) electrons. The summed E-state index contributed by atoms with van der Waals surface area (Å²) >= 11 is 0. The molecule has 0 spiro atoms. The summed E-state index contributed by atoms with van der Waals surface area (Å²) in [4.78, 5) is 0. The van der Waals surface area contributed by atoms with E-state index in [1.54, 1.807) is 0 Å². The van der Waals surface area contributed by atoms with Crippen LogP contribution in [0, 0.1) is 0 Å². The van der Waals surface area contributed by atoms with Crippen LogP contribution in [0.25, 0.3) is 11.1 Å². The molecule has 39 heavy (non-hydrogen) atoms. The molecular weight excluding hydrogens is 550 g/mol. The van der Waals surface area contributed by atoms with Gasteiger partial charge in [-0.2, -0.15) is 12.1 Å². The standard InChI is InChI=1S/C19H18P.C12H11P.C5H5.Fe/c1-2-15-9-6-7-13-18(15)20-19-14-8-12-17(19)16-10-4-3-5-11-16;1-3-7-11(8-4-1)13-12-9-5-2-6-10-12;1-2-4-5-3-1;/h3-14,20H,2H2,1H3;1-10,13H;1-5H;/q-1;;-5;. The molecule has 3 heteroatoms. The molecule has 1 atom stereocenters. The fraction of sp³-hybridized carbons (Fsp3) is 0.0556. The molecule has 0 N–H and O–H groups in total. The van der Waals surface area contributed by atoms with Crippen molar-refractivity contribution in [3.63, 3.8) is 0 Å². The summed E-state index contributed by atoms with van der Waals surface area (Å²) in [6.45, 7) is 2.23. The fourth-order valence-corrected chi connectivity index (χ4v) is 6.51. The van der Waals surface area contributed by atoms with Gasteiger partial charge in [-0.05, 0) is 27.9 Å². The number of aryl methyl sites for hydroxylation is 1. The van der Waals surface area contributed by atoms with Crippen LogP contribution in [0.4, 0.5) is 0 Å². The molecule has 6 aromatic rings. The molecule has 0 saturated heterocycles. The van der Waals surface area contributed by atoms with E-state index in [4.69, 9.17) is 0 Å². The molecule has 0 saturated carbocycles. The normalized spacial score (nSPS) is 10.1. The molecule has 6 rings (SSSR count). The van der Waals surface area contributed by atoms with E-state index in [9.17, 15) is 0 Å². The molecule has 0 amide bonds. The Kier molecular flexibility index (Phi) is 13.7. The van der Waals surface area contributed by atoms with Gasteiger partial charge in [-0.15, -0.1) is 25.5 Å². The second kappa shape index (κ2) is 17.5. The molecule has 0 nitrogen and oxygen atoms in total. The summed E-state index contributed by atoms with van der Waals surface area (Å²) in [6.07, 6.45) is 1.10. The van der Waals surface area contributed by atoms with Crippen molar-refractivity contribution in [2.24, 2.45) is 0 Å².